The quantitative estimate of drug-likeness (QED) is 0.718. The van der Waals surface area contributed by atoms with Gasteiger partial charge in [0.1, 0.15) is 5.82 Å². The summed E-state index contributed by atoms with van der Waals surface area (Å²) in [6.45, 7) is 5.34. The first-order chi connectivity index (χ1) is 6.92. The fraction of sp³-hybridized carbons (Fsp3) is 0.800. The largest absolute Gasteiger partial charge is 0.355 e. The van der Waals surface area contributed by atoms with Crippen molar-refractivity contribution in [1.82, 2.24) is 15.0 Å². The van der Waals surface area contributed by atoms with Gasteiger partial charge in [0.05, 0.1) is 6.20 Å². The molecule has 14 heavy (non-hydrogen) atoms. The highest BCUT2D eigenvalue weighted by atomic mass is 15.5. The van der Waals surface area contributed by atoms with Crippen molar-refractivity contribution in [1.29, 1.82) is 0 Å². The van der Waals surface area contributed by atoms with Crippen molar-refractivity contribution in [2.24, 2.45) is 0 Å². The van der Waals surface area contributed by atoms with Crippen molar-refractivity contribution in [3.05, 3.63) is 6.20 Å². The Kier molecular flexibility index (Phi) is 3.01. The number of hydrogen-bond donors (Lipinski definition) is 0. The van der Waals surface area contributed by atoms with Crippen molar-refractivity contribution in [3.8, 4) is 0 Å². The van der Waals surface area contributed by atoms with E-state index < -0.39 is 0 Å². The molecular weight excluding hydrogens is 176 g/mol. The van der Waals surface area contributed by atoms with E-state index in [1.807, 2.05) is 10.9 Å². The minimum absolute atomic E-state index is 0.909. The van der Waals surface area contributed by atoms with E-state index >= 15 is 0 Å². The maximum Gasteiger partial charge on any atom is 0.147 e. The van der Waals surface area contributed by atoms with Gasteiger partial charge in [0, 0.05) is 19.6 Å². The molecule has 0 aromatic carbocycles. The van der Waals surface area contributed by atoms with E-state index in [2.05, 4.69) is 22.1 Å². The summed E-state index contributed by atoms with van der Waals surface area (Å²) in [4.78, 5) is 2.41. The SMILES string of the molecule is CCn1nncc1N1CCCCCC1. The fourth-order valence-corrected chi connectivity index (χ4v) is 2.02. The zero-order chi connectivity index (χ0) is 9.80. The van der Waals surface area contributed by atoms with E-state index in [1.165, 1.54) is 31.5 Å². The molecule has 4 heteroatoms. The van der Waals surface area contributed by atoms with Crippen molar-refractivity contribution < 1.29 is 0 Å². The first-order valence-corrected chi connectivity index (χ1v) is 5.55. The van der Waals surface area contributed by atoms with Crippen LogP contribution < -0.4 is 4.90 Å². The van der Waals surface area contributed by atoms with Gasteiger partial charge in [-0.1, -0.05) is 18.1 Å². The van der Waals surface area contributed by atoms with Gasteiger partial charge < -0.3 is 4.90 Å². The molecule has 0 N–H and O–H groups in total. The molecule has 0 atom stereocenters. The van der Waals surface area contributed by atoms with E-state index in [4.69, 9.17) is 0 Å². The van der Waals surface area contributed by atoms with Crippen LogP contribution in [0.15, 0.2) is 6.20 Å². The highest BCUT2D eigenvalue weighted by Gasteiger charge is 2.13. The average Bonchev–Trinajstić information content (AvgIpc) is 2.52. The first kappa shape index (κ1) is 9.49. The third-order valence-corrected chi connectivity index (χ3v) is 2.83. The van der Waals surface area contributed by atoms with Crippen LogP contribution in [-0.4, -0.2) is 28.1 Å². The van der Waals surface area contributed by atoms with E-state index in [0.717, 1.165) is 19.6 Å². The molecule has 2 rings (SSSR count). The Hall–Kier alpha value is -1.06. The normalized spacial score (nSPS) is 18.2. The fourth-order valence-electron chi connectivity index (χ4n) is 2.02. The van der Waals surface area contributed by atoms with Crippen molar-refractivity contribution in [2.75, 3.05) is 18.0 Å². The predicted octanol–water partition coefficient (Wildman–Crippen LogP) is 1.68. The molecule has 0 unspecified atom stereocenters. The average molecular weight is 194 g/mol. The van der Waals surface area contributed by atoms with Crippen LogP contribution in [-0.2, 0) is 6.54 Å². The van der Waals surface area contributed by atoms with Gasteiger partial charge in [0.25, 0.3) is 0 Å². The number of hydrogen-bond acceptors (Lipinski definition) is 3. The molecule has 0 aliphatic carbocycles. The molecule has 0 radical (unpaired) electrons. The lowest BCUT2D eigenvalue weighted by Crippen LogP contribution is -2.26. The number of aryl methyl sites for hydroxylation is 1. The third-order valence-electron chi connectivity index (χ3n) is 2.83. The lowest BCUT2D eigenvalue weighted by molar-refractivity contribution is 0.609. The molecule has 1 fully saturated rings. The molecule has 1 aromatic rings. The molecule has 1 aliphatic heterocycles. The summed E-state index contributed by atoms with van der Waals surface area (Å²) < 4.78 is 1.98. The summed E-state index contributed by atoms with van der Waals surface area (Å²) in [5, 5.41) is 8.04. The van der Waals surface area contributed by atoms with Crippen LogP contribution in [0, 0.1) is 0 Å². The summed E-state index contributed by atoms with van der Waals surface area (Å²) >= 11 is 0. The molecular formula is C10H18N4. The summed E-state index contributed by atoms with van der Waals surface area (Å²) in [5.74, 6) is 1.19. The smallest absolute Gasteiger partial charge is 0.147 e. The van der Waals surface area contributed by atoms with Gasteiger partial charge in [-0.15, -0.1) is 5.10 Å². The lowest BCUT2D eigenvalue weighted by atomic mass is 10.2. The predicted molar refractivity (Wildman–Crippen MR) is 56.4 cm³/mol. The maximum atomic E-state index is 4.07. The number of nitrogens with zero attached hydrogens (tertiary/aromatic N) is 4. The highest BCUT2D eigenvalue weighted by Crippen LogP contribution is 2.17. The Labute approximate surface area is 84.9 Å². The molecule has 78 valence electrons. The monoisotopic (exact) mass is 194 g/mol. The zero-order valence-electron chi connectivity index (χ0n) is 8.82. The maximum absolute atomic E-state index is 4.07. The van der Waals surface area contributed by atoms with Gasteiger partial charge in [0.2, 0.25) is 0 Å². The third kappa shape index (κ3) is 1.89. The van der Waals surface area contributed by atoms with Crippen LogP contribution in [0.1, 0.15) is 32.6 Å². The van der Waals surface area contributed by atoms with Gasteiger partial charge in [-0.25, -0.2) is 4.68 Å². The highest BCUT2D eigenvalue weighted by molar-refractivity contribution is 5.35. The molecule has 1 aromatic heterocycles. The summed E-state index contributed by atoms with van der Waals surface area (Å²) in [5.41, 5.74) is 0. The van der Waals surface area contributed by atoms with Crippen LogP contribution in [0.3, 0.4) is 0 Å². The Balaban J connectivity index is 2.11. The van der Waals surface area contributed by atoms with Crippen LogP contribution in [0.25, 0.3) is 0 Å². The second-order valence-electron chi connectivity index (χ2n) is 3.81. The van der Waals surface area contributed by atoms with Gasteiger partial charge in [-0.3, -0.25) is 0 Å². The Morgan fingerprint density at radius 3 is 2.57 bits per heavy atom. The summed E-state index contributed by atoms with van der Waals surface area (Å²) in [7, 11) is 0. The standard InChI is InChI=1S/C10H18N4/c1-2-14-10(9-11-12-14)13-7-5-3-4-6-8-13/h9H,2-8H2,1H3. The topological polar surface area (TPSA) is 34.0 Å². The van der Waals surface area contributed by atoms with Crippen molar-refractivity contribution >= 4 is 5.82 Å². The molecule has 1 saturated heterocycles. The first-order valence-electron chi connectivity index (χ1n) is 5.55. The van der Waals surface area contributed by atoms with Crippen molar-refractivity contribution in [3.63, 3.8) is 0 Å². The van der Waals surface area contributed by atoms with Crippen LogP contribution in [0.4, 0.5) is 5.82 Å². The van der Waals surface area contributed by atoms with E-state index in [1.54, 1.807) is 0 Å². The van der Waals surface area contributed by atoms with Crippen LogP contribution in [0.5, 0.6) is 0 Å². The Bertz CT molecular complexity index is 273. The van der Waals surface area contributed by atoms with E-state index in [-0.39, 0.29) is 0 Å². The molecule has 0 spiro atoms. The van der Waals surface area contributed by atoms with E-state index in [9.17, 15) is 0 Å². The molecule has 0 amide bonds. The summed E-state index contributed by atoms with van der Waals surface area (Å²) in [6.07, 6.45) is 7.22. The van der Waals surface area contributed by atoms with Crippen molar-refractivity contribution in [2.45, 2.75) is 39.2 Å². The minimum atomic E-state index is 0.909. The van der Waals surface area contributed by atoms with Gasteiger partial charge in [0.15, 0.2) is 0 Å². The van der Waals surface area contributed by atoms with Crippen LogP contribution >= 0.6 is 0 Å². The van der Waals surface area contributed by atoms with Gasteiger partial charge >= 0.3 is 0 Å². The molecule has 1 aliphatic rings. The Morgan fingerprint density at radius 2 is 1.93 bits per heavy atom. The Morgan fingerprint density at radius 1 is 1.21 bits per heavy atom. The number of rotatable bonds is 2. The van der Waals surface area contributed by atoms with E-state index in [0.29, 0.717) is 0 Å². The minimum Gasteiger partial charge on any atom is -0.355 e. The number of anilines is 1. The number of aromatic nitrogens is 3. The zero-order valence-corrected chi connectivity index (χ0v) is 8.82. The molecule has 0 bridgehead atoms. The van der Waals surface area contributed by atoms with Crippen LogP contribution in [0.2, 0.25) is 0 Å². The second kappa shape index (κ2) is 4.44. The molecule has 0 saturated carbocycles. The lowest BCUT2D eigenvalue weighted by Gasteiger charge is -2.21. The second-order valence-corrected chi connectivity index (χ2v) is 3.81. The van der Waals surface area contributed by atoms with Gasteiger partial charge in [-0.2, -0.15) is 0 Å². The van der Waals surface area contributed by atoms with Gasteiger partial charge in [-0.05, 0) is 19.8 Å². The summed E-state index contributed by atoms with van der Waals surface area (Å²) in [6, 6.07) is 0. The molecule has 4 nitrogen and oxygen atoms in total. The molecule has 2 heterocycles.